The van der Waals surface area contributed by atoms with Gasteiger partial charge in [-0.15, -0.1) is 0 Å². The van der Waals surface area contributed by atoms with E-state index in [2.05, 4.69) is 9.88 Å². The predicted molar refractivity (Wildman–Crippen MR) is 111 cm³/mol. The number of carbonyl (C=O) groups is 3. The maximum absolute atomic E-state index is 14.8. The second-order valence-corrected chi connectivity index (χ2v) is 7.67. The van der Waals surface area contributed by atoms with Gasteiger partial charge in [-0.3, -0.25) is 19.5 Å². The standard InChI is InChI=1S/C23H20FN3O5/c24-15-5-2-8-27-19(15)17(23(30)32-11-3-7-26-9-12-31-13-10-26)16-20(27)22(29)18-14(21(16)28)4-1-6-25-18/h1-2,4-6,8H,3,7,9-13H2. The van der Waals surface area contributed by atoms with E-state index in [1.165, 1.54) is 41.1 Å². The molecule has 8 nitrogen and oxygen atoms in total. The summed E-state index contributed by atoms with van der Waals surface area (Å²) in [6, 6.07) is 5.60. The van der Waals surface area contributed by atoms with Crippen LogP contribution in [0.1, 0.15) is 48.9 Å². The number of fused-ring (bicyclic) bond motifs is 4. The number of esters is 1. The summed E-state index contributed by atoms with van der Waals surface area (Å²) < 4.78 is 26.8. The van der Waals surface area contributed by atoms with Gasteiger partial charge in [0, 0.05) is 32.0 Å². The predicted octanol–water partition coefficient (Wildman–Crippen LogP) is 2.13. The summed E-state index contributed by atoms with van der Waals surface area (Å²) in [5, 5.41) is 0. The third kappa shape index (κ3) is 3.30. The molecule has 0 N–H and O–H groups in total. The van der Waals surface area contributed by atoms with E-state index in [-0.39, 0.29) is 40.2 Å². The Morgan fingerprint density at radius 1 is 1.16 bits per heavy atom. The maximum atomic E-state index is 14.8. The number of ether oxygens (including phenoxy) is 2. The van der Waals surface area contributed by atoms with Crippen LogP contribution in [0.25, 0.3) is 5.52 Å². The normalized spacial score (nSPS) is 16.2. The minimum atomic E-state index is -0.829. The summed E-state index contributed by atoms with van der Waals surface area (Å²) in [6.07, 6.45) is 3.45. The van der Waals surface area contributed by atoms with E-state index in [1.807, 2.05) is 0 Å². The number of rotatable bonds is 5. The van der Waals surface area contributed by atoms with Crippen molar-refractivity contribution < 1.29 is 28.2 Å². The Balaban J connectivity index is 1.48. The van der Waals surface area contributed by atoms with Crippen molar-refractivity contribution >= 4 is 23.1 Å². The molecule has 1 aliphatic heterocycles. The van der Waals surface area contributed by atoms with E-state index in [9.17, 15) is 18.8 Å². The fraction of sp³-hybridized carbons (Fsp3) is 0.304. The molecule has 0 radical (unpaired) electrons. The lowest BCUT2D eigenvalue weighted by Crippen LogP contribution is -2.37. The summed E-state index contributed by atoms with van der Waals surface area (Å²) in [7, 11) is 0. The molecule has 0 spiro atoms. The molecule has 0 bridgehead atoms. The van der Waals surface area contributed by atoms with E-state index in [1.54, 1.807) is 0 Å². The summed E-state index contributed by atoms with van der Waals surface area (Å²) >= 11 is 0. The molecule has 2 aliphatic rings. The number of hydrogen-bond acceptors (Lipinski definition) is 7. The molecule has 3 aromatic rings. The molecular formula is C23H20FN3O5. The van der Waals surface area contributed by atoms with Crippen molar-refractivity contribution in [3.05, 3.63) is 70.6 Å². The van der Waals surface area contributed by atoms with Gasteiger partial charge in [0.15, 0.2) is 5.78 Å². The van der Waals surface area contributed by atoms with Crippen molar-refractivity contribution in [2.75, 3.05) is 39.5 Å². The minimum Gasteiger partial charge on any atom is -0.462 e. The molecule has 0 amide bonds. The number of carbonyl (C=O) groups excluding carboxylic acids is 3. The average molecular weight is 437 g/mol. The van der Waals surface area contributed by atoms with E-state index >= 15 is 0 Å². The number of aromatic nitrogens is 2. The van der Waals surface area contributed by atoms with E-state index in [0.717, 1.165) is 19.6 Å². The van der Waals surface area contributed by atoms with Crippen LogP contribution in [0.4, 0.5) is 4.39 Å². The first-order valence-corrected chi connectivity index (χ1v) is 10.4. The molecule has 164 valence electrons. The molecular weight excluding hydrogens is 417 g/mol. The van der Waals surface area contributed by atoms with Crippen molar-refractivity contribution in [3.8, 4) is 0 Å². The largest absolute Gasteiger partial charge is 0.462 e. The van der Waals surface area contributed by atoms with Crippen molar-refractivity contribution in [2.24, 2.45) is 0 Å². The fourth-order valence-electron chi connectivity index (χ4n) is 4.27. The average Bonchev–Trinajstić information content (AvgIpc) is 3.18. The summed E-state index contributed by atoms with van der Waals surface area (Å²) in [4.78, 5) is 45.6. The minimum absolute atomic E-state index is 0.0147. The molecule has 1 fully saturated rings. The van der Waals surface area contributed by atoms with Crippen LogP contribution in [0, 0.1) is 5.82 Å². The Morgan fingerprint density at radius 3 is 2.78 bits per heavy atom. The number of morpholine rings is 1. The monoisotopic (exact) mass is 437 g/mol. The van der Waals surface area contributed by atoms with Crippen molar-refractivity contribution in [1.82, 2.24) is 14.3 Å². The topological polar surface area (TPSA) is 90.2 Å². The Labute approximate surface area is 182 Å². The summed E-state index contributed by atoms with van der Waals surface area (Å²) in [5.74, 6) is -2.64. The van der Waals surface area contributed by atoms with Gasteiger partial charge in [0.2, 0.25) is 5.78 Å². The summed E-state index contributed by atoms with van der Waals surface area (Å²) in [6.45, 7) is 3.83. The number of hydrogen-bond donors (Lipinski definition) is 0. The Bertz CT molecular complexity index is 1250. The third-order valence-electron chi connectivity index (χ3n) is 5.78. The quantitative estimate of drug-likeness (QED) is 0.349. The molecule has 32 heavy (non-hydrogen) atoms. The van der Waals surface area contributed by atoms with Crippen LogP contribution in [-0.2, 0) is 9.47 Å². The number of halogens is 1. The zero-order chi connectivity index (χ0) is 22.2. The number of nitrogens with zero attached hydrogens (tertiary/aromatic N) is 3. The SMILES string of the molecule is O=C1c2cccnc2C(=O)c2c1c(C(=O)OCCCN1CCOCC1)c1c(F)cccn21. The Kier molecular flexibility index (Phi) is 5.28. The highest BCUT2D eigenvalue weighted by Gasteiger charge is 2.40. The molecule has 0 unspecified atom stereocenters. The van der Waals surface area contributed by atoms with Crippen molar-refractivity contribution in [3.63, 3.8) is 0 Å². The van der Waals surface area contributed by atoms with E-state index < -0.39 is 23.4 Å². The van der Waals surface area contributed by atoms with Gasteiger partial charge >= 0.3 is 5.97 Å². The van der Waals surface area contributed by atoms with Crippen LogP contribution in [0.2, 0.25) is 0 Å². The molecule has 0 atom stereocenters. The Hall–Kier alpha value is -3.43. The van der Waals surface area contributed by atoms with Crippen LogP contribution in [0.15, 0.2) is 36.7 Å². The van der Waals surface area contributed by atoms with Gasteiger partial charge in [0.25, 0.3) is 0 Å². The highest BCUT2D eigenvalue weighted by atomic mass is 19.1. The first kappa shape index (κ1) is 20.5. The van der Waals surface area contributed by atoms with Crippen LogP contribution in [-0.4, -0.2) is 71.3 Å². The molecule has 4 heterocycles. The second-order valence-electron chi connectivity index (χ2n) is 7.67. The van der Waals surface area contributed by atoms with Gasteiger partial charge in [-0.1, -0.05) is 0 Å². The molecule has 5 rings (SSSR count). The zero-order valence-corrected chi connectivity index (χ0v) is 17.2. The number of ketones is 2. The molecule has 0 saturated carbocycles. The Morgan fingerprint density at radius 2 is 1.97 bits per heavy atom. The number of pyridine rings is 2. The molecule has 9 heteroatoms. The lowest BCUT2D eigenvalue weighted by atomic mass is 9.89. The van der Waals surface area contributed by atoms with Crippen LogP contribution >= 0.6 is 0 Å². The fourth-order valence-corrected chi connectivity index (χ4v) is 4.27. The third-order valence-corrected chi connectivity index (χ3v) is 5.78. The molecule has 3 aromatic heterocycles. The van der Waals surface area contributed by atoms with Crippen LogP contribution in [0.3, 0.4) is 0 Å². The van der Waals surface area contributed by atoms with Gasteiger partial charge < -0.3 is 13.9 Å². The van der Waals surface area contributed by atoms with Crippen molar-refractivity contribution in [2.45, 2.75) is 6.42 Å². The second kappa shape index (κ2) is 8.25. The van der Waals surface area contributed by atoms with E-state index in [0.29, 0.717) is 19.6 Å². The van der Waals surface area contributed by atoms with Gasteiger partial charge in [0.05, 0.1) is 36.5 Å². The van der Waals surface area contributed by atoms with Gasteiger partial charge in [0.1, 0.15) is 22.8 Å². The van der Waals surface area contributed by atoms with Crippen molar-refractivity contribution in [1.29, 1.82) is 0 Å². The molecule has 0 aromatic carbocycles. The van der Waals surface area contributed by atoms with Gasteiger partial charge in [-0.05, 0) is 30.7 Å². The zero-order valence-electron chi connectivity index (χ0n) is 17.2. The van der Waals surface area contributed by atoms with Gasteiger partial charge in [-0.25, -0.2) is 9.18 Å². The smallest absolute Gasteiger partial charge is 0.341 e. The maximum Gasteiger partial charge on any atom is 0.341 e. The summed E-state index contributed by atoms with van der Waals surface area (Å²) in [5.41, 5.74) is -0.515. The molecule has 1 saturated heterocycles. The first-order chi connectivity index (χ1) is 15.6. The first-order valence-electron chi connectivity index (χ1n) is 10.4. The van der Waals surface area contributed by atoms with Gasteiger partial charge in [-0.2, -0.15) is 0 Å². The lowest BCUT2D eigenvalue weighted by molar-refractivity contribution is 0.0298. The highest BCUT2D eigenvalue weighted by molar-refractivity contribution is 6.31. The van der Waals surface area contributed by atoms with E-state index in [4.69, 9.17) is 9.47 Å². The van der Waals surface area contributed by atoms with Crippen LogP contribution in [0.5, 0.6) is 0 Å². The lowest BCUT2D eigenvalue weighted by Gasteiger charge is -2.26. The molecule has 1 aliphatic carbocycles. The van der Waals surface area contributed by atoms with Crippen LogP contribution < -0.4 is 0 Å². The highest BCUT2D eigenvalue weighted by Crippen LogP contribution is 2.34.